The fraction of sp³-hybridized carbons (Fsp3) is 0.160. The number of aromatic nitrogens is 1. The first-order valence-corrected chi connectivity index (χ1v) is 10.7. The number of Topliss-reactive ketones (excluding diaryl/α,β-unsaturated/α-hetero) is 3. The van der Waals surface area contributed by atoms with Gasteiger partial charge in [0.1, 0.15) is 17.1 Å². The van der Waals surface area contributed by atoms with Gasteiger partial charge in [0.2, 0.25) is 23.1 Å². The highest BCUT2D eigenvalue weighted by Crippen LogP contribution is 2.36. The van der Waals surface area contributed by atoms with Crippen LogP contribution in [0.2, 0.25) is 0 Å². The lowest BCUT2D eigenvalue weighted by molar-refractivity contribution is -0.133. The largest absolute Gasteiger partial charge is 0.493 e. The lowest BCUT2D eigenvalue weighted by atomic mass is 9.87. The first-order chi connectivity index (χ1) is 17.6. The maximum absolute atomic E-state index is 13.2. The van der Waals surface area contributed by atoms with Crippen LogP contribution in [-0.2, 0) is 23.8 Å². The van der Waals surface area contributed by atoms with Gasteiger partial charge in [0.05, 0.1) is 44.0 Å². The monoisotopic (exact) mass is 506 g/mol. The van der Waals surface area contributed by atoms with Gasteiger partial charge in [-0.1, -0.05) is 0 Å². The molecule has 2 aliphatic carbocycles. The number of carboxylic acid groups (broad SMARTS) is 1. The van der Waals surface area contributed by atoms with E-state index in [1.807, 2.05) is 0 Å². The van der Waals surface area contributed by atoms with Crippen LogP contribution >= 0.6 is 0 Å². The number of rotatable bonds is 5. The van der Waals surface area contributed by atoms with Crippen molar-refractivity contribution in [2.45, 2.75) is 6.92 Å². The highest BCUT2D eigenvalue weighted by atomic mass is 16.5. The van der Waals surface area contributed by atoms with E-state index in [0.29, 0.717) is 0 Å². The Bertz CT molecular complexity index is 1500. The summed E-state index contributed by atoms with van der Waals surface area (Å²) < 4.78 is 15.3. The molecule has 190 valence electrons. The molecule has 6 N–H and O–H groups in total. The number of methoxy groups -OCH3 is 3. The third-order valence-corrected chi connectivity index (χ3v) is 6.03. The van der Waals surface area contributed by atoms with Crippen LogP contribution in [0.15, 0.2) is 75.4 Å². The number of carbonyl (C=O) groups is 4. The van der Waals surface area contributed by atoms with Crippen molar-refractivity contribution in [1.82, 2.24) is 10.3 Å². The van der Waals surface area contributed by atoms with Gasteiger partial charge in [-0.05, 0) is 36.8 Å². The Morgan fingerprint density at radius 1 is 0.919 bits per heavy atom. The second-order valence-corrected chi connectivity index (χ2v) is 7.97. The molecule has 0 spiro atoms. The summed E-state index contributed by atoms with van der Waals surface area (Å²) >= 11 is 0. The molecule has 1 aromatic heterocycles. The topological polar surface area (TPSA) is 193 Å². The van der Waals surface area contributed by atoms with Gasteiger partial charge in [-0.15, -0.1) is 0 Å². The summed E-state index contributed by atoms with van der Waals surface area (Å²) in [6.07, 6.45) is 2.94. The number of fused-ring (bicyclic) bond motifs is 1. The second-order valence-electron chi connectivity index (χ2n) is 7.97. The van der Waals surface area contributed by atoms with Crippen LogP contribution in [0.5, 0.6) is 0 Å². The molecule has 37 heavy (non-hydrogen) atoms. The van der Waals surface area contributed by atoms with Crippen LogP contribution < -0.4 is 16.8 Å². The molecule has 4 rings (SSSR count). The summed E-state index contributed by atoms with van der Waals surface area (Å²) in [4.78, 5) is 55.1. The quantitative estimate of drug-likeness (QED) is 0.411. The molecule has 0 radical (unpaired) electrons. The second kappa shape index (κ2) is 9.15. The Morgan fingerprint density at radius 3 is 2.19 bits per heavy atom. The molecule has 0 atom stereocenters. The van der Waals surface area contributed by atoms with Crippen molar-refractivity contribution < 1.29 is 38.5 Å². The van der Waals surface area contributed by atoms with Crippen molar-refractivity contribution in [1.29, 1.82) is 0 Å². The van der Waals surface area contributed by atoms with Crippen molar-refractivity contribution in [2.75, 3.05) is 21.3 Å². The van der Waals surface area contributed by atoms with E-state index in [-0.39, 0.29) is 68.0 Å². The summed E-state index contributed by atoms with van der Waals surface area (Å²) in [5, 5.41) is 12.6. The zero-order valence-corrected chi connectivity index (χ0v) is 20.2. The molecule has 1 aromatic rings. The Kier molecular flexibility index (Phi) is 6.18. The maximum atomic E-state index is 13.2. The van der Waals surface area contributed by atoms with Crippen LogP contribution in [0, 0.1) is 0 Å². The van der Waals surface area contributed by atoms with Gasteiger partial charge in [0.15, 0.2) is 11.5 Å². The van der Waals surface area contributed by atoms with Crippen LogP contribution in [0.25, 0.3) is 5.70 Å². The predicted octanol–water partition coefficient (Wildman–Crippen LogP) is 0.806. The number of aliphatic carboxylic acids is 1. The van der Waals surface area contributed by atoms with E-state index in [9.17, 15) is 24.3 Å². The van der Waals surface area contributed by atoms with E-state index in [4.69, 9.17) is 25.7 Å². The molecule has 0 saturated carbocycles. The van der Waals surface area contributed by atoms with Gasteiger partial charge in [0, 0.05) is 11.1 Å². The number of ether oxygens (including phenoxy) is 3. The molecule has 0 bridgehead atoms. The van der Waals surface area contributed by atoms with E-state index in [1.165, 1.54) is 52.5 Å². The van der Waals surface area contributed by atoms with Crippen molar-refractivity contribution in [3.8, 4) is 0 Å². The molecular formula is C25H22N4O8. The molecule has 0 aromatic carbocycles. The summed E-state index contributed by atoms with van der Waals surface area (Å²) in [6.45, 7) is 1.49. The Hall–Kier alpha value is -5.13. The van der Waals surface area contributed by atoms with E-state index in [2.05, 4.69) is 10.3 Å². The maximum Gasteiger partial charge on any atom is 0.352 e. The van der Waals surface area contributed by atoms with Crippen molar-refractivity contribution >= 4 is 29.0 Å². The highest BCUT2D eigenvalue weighted by molar-refractivity contribution is 6.25. The van der Waals surface area contributed by atoms with E-state index >= 15 is 0 Å². The van der Waals surface area contributed by atoms with Crippen molar-refractivity contribution in [3.63, 3.8) is 0 Å². The number of nitrogens with one attached hydrogen (secondary N) is 1. The summed E-state index contributed by atoms with van der Waals surface area (Å²) in [5.41, 5.74) is 11.7. The number of allylic oxidation sites excluding steroid dienone is 6. The van der Waals surface area contributed by atoms with Gasteiger partial charge in [-0.25, -0.2) is 9.78 Å². The van der Waals surface area contributed by atoms with Gasteiger partial charge in [0.25, 0.3) is 0 Å². The van der Waals surface area contributed by atoms with Crippen LogP contribution in [-0.4, -0.2) is 54.7 Å². The predicted molar refractivity (Wildman–Crippen MR) is 128 cm³/mol. The zero-order valence-electron chi connectivity index (χ0n) is 20.2. The van der Waals surface area contributed by atoms with Crippen molar-refractivity contribution in [3.05, 3.63) is 92.3 Å². The molecule has 0 saturated heterocycles. The van der Waals surface area contributed by atoms with E-state index in [1.54, 1.807) is 0 Å². The number of ketones is 3. The molecule has 1 aliphatic heterocycles. The molecule has 12 nitrogen and oxygen atoms in total. The average Bonchev–Trinajstić information content (AvgIpc) is 2.88. The van der Waals surface area contributed by atoms with Crippen molar-refractivity contribution in [2.24, 2.45) is 11.5 Å². The van der Waals surface area contributed by atoms with Crippen LogP contribution in [0.3, 0.4) is 0 Å². The van der Waals surface area contributed by atoms with E-state index < -0.39 is 29.0 Å². The minimum Gasteiger partial charge on any atom is -0.493 e. The van der Waals surface area contributed by atoms with Gasteiger partial charge < -0.3 is 36.1 Å². The first kappa shape index (κ1) is 25.0. The molecular weight excluding hydrogens is 484 g/mol. The Balaban J connectivity index is 1.94. The average molecular weight is 506 g/mol. The number of hydrogen-bond acceptors (Lipinski definition) is 11. The third-order valence-electron chi connectivity index (χ3n) is 6.03. The molecule has 2 heterocycles. The van der Waals surface area contributed by atoms with Gasteiger partial charge >= 0.3 is 5.97 Å². The Labute approximate surface area is 210 Å². The molecule has 0 unspecified atom stereocenters. The lowest BCUT2D eigenvalue weighted by Crippen LogP contribution is -2.32. The minimum atomic E-state index is -1.32. The summed E-state index contributed by atoms with van der Waals surface area (Å²) in [5.74, 6) is -3.45. The molecule has 0 fully saturated rings. The number of dihydropyridines is 1. The number of pyridine rings is 1. The molecule has 12 heteroatoms. The summed E-state index contributed by atoms with van der Waals surface area (Å²) in [6, 6.07) is 2.73. The summed E-state index contributed by atoms with van der Waals surface area (Å²) in [7, 11) is 3.89. The van der Waals surface area contributed by atoms with Crippen LogP contribution in [0.1, 0.15) is 33.5 Å². The standard InChI is InChI=1S/C25H22N4O8/c1-9-14(10-6-8-13(35-2)23(36-3)20(10)30)15(26)19(29-17(9)25(33)34)12-7-5-11-18(28-12)22(32)16(27)24(37-4)21(11)31/h5-8,29H,26-27H2,1-4H3,(H,33,34). The molecule has 3 aliphatic rings. The number of carboxylic acids is 1. The van der Waals surface area contributed by atoms with Gasteiger partial charge in [-0.3, -0.25) is 14.4 Å². The zero-order chi connectivity index (χ0) is 27.2. The number of nitrogens with two attached hydrogens (primary N) is 2. The lowest BCUT2D eigenvalue weighted by Gasteiger charge is -2.27. The minimum absolute atomic E-state index is 0.00956. The normalized spacial score (nSPS) is 19.8. The van der Waals surface area contributed by atoms with E-state index in [0.717, 1.165) is 0 Å². The van der Waals surface area contributed by atoms with Crippen LogP contribution in [0.4, 0.5) is 0 Å². The fourth-order valence-corrected chi connectivity index (χ4v) is 4.23. The first-order valence-electron chi connectivity index (χ1n) is 10.7. The fourth-order valence-electron chi connectivity index (χ4n) is 4.23. The SMILES string of the molecule is COC1=C(OC)C(=O)C(=C2C(C)=C(C(=O)O)NC(c3ccc4c(n3)C(=O)C(N)=C(OC)C4=O)=C2N)C=C1. The van der Waals surface area contributed by atoms with Gasteiger partial charge in [-0.2, -0.15) is 0 Å². The Morgan fingerprint density at radius 2 is 1.59 bits per heavy atom. The highest BCUT2D eigenvalue weighted by Gasteiger charge is 2.36. The number of hydrogen-bond donors (Lipinski definition) is 4. The third kappa shape index (κ3) is 3.75. The molecule has 0 amide bonds. The smallest absolute Gasteiger partial charge is 0.352 e. The number of nitrogens with zero attached hydrogens (tertiary/aromatic N) is 1. The number of carbonyl (C=O) groups excluding carboxylic acids is 3.